The van der Waals surface area contributed by atoms with E-state index in [2.05, 4.69) is 6.92 Å². The van der Waals surface area contributed by atoms with Crippen LogP contribution in [-0.2, 0) is 0 Å². The van der Waals surface area contributed by atoms with E-state index in [1.807, 2.05) is 28.8 Å². The summed E-state index contributed by atoms with van der Waals surface area (Å²) in [5.41, 5.74) is 7.14. The molecule has 1 atom stereocenters. The van der Waals surface area contributed by atoms with Gasteiger partial charge in [0.05, 0.1) is 0 Å². The fourth-order valence-corrected chi connectivity index (χ4v) is 3.65. The van der Waals surface area contributed by atoms with Crippen molar-refractivity contribution in [2.24, 2.45) is 0 Å². The molecule has 106 valence electrons. The van der Waals surface area contributed by atoms with Crippen LogP contribution in [0.1, 0.15) is 23.9 Å². The zero-order valence-electron chi connectivity index (χ0n) is 11.5. The van der Waals surface area contributed by atoms with Crippen LogP contribution in [0.5, 0.6) is 0 Å². The van der Waals surface area contributed by atoms with Crippen molar-refractivity contribution in [1.29, 1.82) is 0 Å². The minimum absolute atomic E-state index is 0.0153. The molecule has 1 aromatic heterocycles. The first kappa shape index (κ1) is 13.4. The molecule has 20 heavy (non-hydrogen) atoms. The summed E-state index contributed by atoms with van der Waals surface area (Å²) in [6.45, 7) is 3.76. The second kappa shape index (κ2) is 5.40. The van der Waals surface area contributed by atoms with Crippen molar-refractivity contribution in [3.05, 3.63) is 30.0 Å². The molecular formula is C15H18N2O2S. The molecule has 2 heterocycles. The van der Waals surface area contributed by atoms with Crippen molar-refractivity contribution in [2.45, 2.75) is 18.6 Å². The van der Waals surface area contributed by atoms with E-state index >= 15 is 0 Å². The summed E-state index contributed by atoms with van der Waals surface area (Å²) in [5, 5.41) is 1.42. The highest BCUT2D eigenvalue weighted by molar-refractivity contribution is 8.00. The Kier molecular flexibility index (Phi) is 3.61. The average molecular weight is 290 g/mol. The van der Waals surface area contributed by atoms with Crippen molar-refractivity contribution in [2.75, 3.05) is 24.6 Å². The summed E-state index contributed by atoms with van der Waals surface area (Å²) in [4.78, 5) is 14.4. The van der Waals surface area contributed by atoms with E-state index in [9.17, 15) is 4.79 Å². The number of amides is 1. The minimum Gasteiger partial charge on any atom is -0.451 e. The highest BCUT2D eigenvalue weighted by atomic mass is 32.2. The Bertz CT molecular complexity index is 638. The van der Waals surface area contributed by atoms with E-state index in [-0.39, 0.29) is 5.91 Å². The first-order valence-electron chi connectivity index (χ1n) is 6.87. The Morgan fingerprint density at radius 3 is 3.15 bits per heavy atom. The van der Waals surface area contributed by atoms with Crippen LogP contribution in [-0.4, -0.2) is 34.9 Å². The zero-order chi connectivity index (χ0) is 14.1. The highest BCUT2D eigenvalue weighted by Gasteiger charge is 2.26. The number of nitrogens with zero attached hydrogens (tertiary/aromatic N) is 1. The molecule has 5 heteroatoms. The van der Waals surface area contributed by atoms with Gasteiger partial charge in [-0.15, -0.1) is 0 Å². The Hall–Kier alpha value is -1.62. The molecule has 0 saturated carbocycles. The molecule has 0 radical (unpaired) electrons. The fourth-order valence-electron chi connectivity index (χ4n) is 2.47. The van der Waals surface area contributed by atoms with E-state index in [4.69, 9.17) is 10.2 Å². The van der Waals surface area contributed by atoms with E-state index in [1.165, 1.54) is 0 Å². The lowest BCUT2D eigenvalue weighted by Crippen LogP contribution is -2.41. The Balaban J connectivity index is 1.84. The van der Waals surface area contributed by atoms with Crippen molar-refractivity contribution in [3.8, 4) is 0 Å². The normalized spacial score (nSPS) is 19.4. The summed E-state index contributed by atoms with van der Waals surface area (Å²) >= 11 is 1.95. The van der Waals surface area contributed by atoms with Gasteiger partial charge in [-0.25, -0.2) is 0 Å². The molecule has 1 aromatic carbocycles. The van der Waals surface area contributed by atoms with Gasteiger partial charge in [-0.1, -0.05) is 6.92 Å². The van der Waals surface area contributed by atoms with E-state index in [0.29, 0.717) is 22.3 Å². The molecule has 3 rings (SSSR count). The molecule has 2 aromatic rings. The number of nitrogen functional groups attached to an aromatic ring is 1. The van der Waals surface area contributed by atoms with Gasteiger partial charge >= 0.3 is 0 Å². The number of carbonyl (C=O) groups is 1. The number of carbonyl (C=O) groups excluding carboxylic acids is 1. The molecule has 1 amide bonds. The summed E-state index contributed by atoms with van der Waals surface area (Å²) in [6, 6.07) is 7.21. The Morgan fingerprint density at radius 2 is 2.35 bits per heavy atom. The SMILES string of the molecule is CCC1CN(C(=O)c2cc3cc(N)ccc3o2)CCS1. The van der Waals surface area contributed by atoms with E-state index < -0.39 is 0 Å². The van der Waals surface area contributed by atoms with Gasteiger partial charge in [0.25, 0.3) is 5.91 Å². The maximum Gasteiger partial charge on any atom is 0.289 e. The number of rotatable bonds is 2. The van der Waals surface area contributed by atoms with Gasteiger partial charge in [-0.05, 0) is 30.7 Å². The second-order valence-corrected chi connectivity index (χ2v) is 6.47. The van der Waals surface area contributed by atoms with Crippen LogP contribution in [0.25, 0.3) is 11.0 Å². The minimum atomic E-state index is -0.0153. The number of furan rings is 1. The number of thioether (sulfide) groups is 1. The van der Waals surface area contributed by atoms with Crippen LogP contribution < -0.4 is 5.73 Å². The van der Waals surface area contributed by atoms with Crippen molar-refractivity contribution in [1.82, 2.24) is 4.90 Å². The van der Waals surface area contributed by atoms with Crippen LogP contribution in [0.15, 0.2) is 28.7 Å². The Morgan fingerprint density at radius 1 is 1.50 bits per heavy atom. The van der Waals surface area contributed by atoms with Crippen molar-refractivity contribution < 1.29 is 9.21 Å². The van der Waals surface area contributed by atoms with Crippen LogP contribution in [0.4, 0.5) is 5.69 Å². The third-order valence-corrected chi connectivity index (χ3v) is 5.00. The van der Waals surface area contributed by atoms with Gasteiger partial charge in [-0.3, -0.25) is 4.79 Å². The van der Waals surface area contributed by atoms with Crippen LogP contribution in [0.3, 0.4) is 0 Å². The number of fused-ring (bicyclic) bond motifs is 1. The van der Waals surface area contributed by atoms with Gasteiger partial charge in [0.1, 0.15) is 5.58 Å². The molecule has 0 aliphatic carbocycles. The molecule has 1 aliphatic heterocycles. The summed E-state index contributed by atoms with van der Waals surface area (Å²) in [5.74, 6) is 1.39. The lowest BCUT2D eigenvalue weighted by molar-refractivity contribution is 0.0731. The number of hydrogen-bond acceptors (Lipinski definition) is 4. The van der Waals surface area contributed by atoms with Gasteiger partial charge in [0.2, 0.25) is 0 Å². The summed E-state index contributed by atoms with van der Waals surface area (Å²) in [7, 11) is 0. The monoisotopic (exact) mass is 290 g/mol. The molecule has 0 bridgehead atoms. The fraction of sp³-hybridized carbons (Fsp3) is 0.400. The molecule has 4 nitrogen and oxygen atoms in total. The predicted molar refractivity (Wildman–Crippen MR) is 83.1 cm³/mol. The molecule has 0 spiro atoms. The molecular weight excluding hydrogens is 272 g/mol. The largest absolute Gasteiger partial charge is 0.451 e. The van der Waals surface area contributed by atoms with Gasteiger partial charge in [0, 0.05) is 35.2 Å². The van der Waals surface area contributed by atoms with Crippen LogP contribution in [0, 0.1) is 0 Å². The number of hydrogen-bond donors (Lipinski definition) is 1. The van der Waals surface area contributed by atoms with Crippen LogP contribution >= 0.6 is 11.8 Å². The summed E-state index contributed by atoms with van der Waals surface area (Å²) < 4.78 is 5.65. The molecule has 1 unspecified atom stereocenters. The first-order valence-corrected chi connectivity index (χ1v) is 7.92. The number of anilines is 1. The van der Waals surface area contributed by atoms with Gasteiger partial charge < -0.3 is 15.1 Å². The van der Waals surface area contributed by atoms with Gasteiger partial charge in [-0.2, -0.15) is 11.8 Å². The van der Waals surface area contributed by atoms with Crippen molar-refractivity contribution >= 4 is 34.3 Å². The molecule has 1 saturated heterocycles. The van der Waals surface area contributed by atoms with Crippen molar-refractivity contribution in [3.63, 3.8) is 0 Å². The van der Waals surface area contributed by atoms with E-state index in [1.54, 1.807) is 12.1 Å². The maximum atomic E-state index is 12.5. The summed E-state index contributed by atoms with van der Waals surface area (Å²) in [6.07, 6.45) is 1.09. The average Bonchev–Trinajstić information content (AvgIpc) is 2.89. The zero-order valence-corrected chi connectivity index (χ0v) is 12.3. The highest BCUT2D eigenvalue weighted by Crippen LogP contribution is 2.26. The lowest BCUT2D eigenvalue weighted by atomic mass is 10.2. The van der Waals surface area contributed by atoms with Crippen LogP contribution in [0.2, 0.25) is 0 Å². The predicted octanol–water partition coefficient (Wildman–Crippen LogP) is 2.98. The standard InChI is InChI=1S/C15H18N2O2S/c1-2-12-9-17(5-6-20-12)15(18)14-8-10-7-11(16)3-4-13(10)19-14/h3-4,7-8,12H,2,5-6,9,16H2,1H3. The van der Waals surface area contributed by atoms with Gasteiger partial charge in [0.15, 0.2) is 5.76 Å². The number of nitrogens with two attached hydrogens (primary N) is 1. The third-order valence-electron chi connectivity index (χ3n) is 3.63. The maximum absolute atomic E-state index is 12.5. The smallest absolute Gasteiger partial charge is 0.289 e. The van der Waals surface area contributed by atoms with E-state index in [0.717, 1.165) is 30.6 Å². The second-order valence-electron chi connectivity index (χ2n) is 5.06. The molecule has 2 N–H and O–H groups in total. The molecule has 1 aliphatic rings. The lowest BCUT2D eigenvalue weighted by Gasteiger charge is -2.31. The topological polar surface area (TPSA) is 59.5 Å². The quantitative estimate of drug-likeness (QED) is 0.864. The number of benzene rings is 1. The molecule has 1 fully saturated rings. The third kappa shape index (κ3) is 2.50. The first-order chi connectivity index (χ1) is 9.67. The Labute approximate surface area is 122 Å².